The summed E-state index contributed by atoms with van der Waals surface area (Å²) in [7, 11) is 0. The van der Waals surface area contributed by atoms with Crippen LogP contribution in [0.1, 0.15) is 23.7 Å². The van der Waals surface area contributed by atoms with Crippen LogP contribution >= 0.6 is 11.6 Å². The van der Waals surface area contributed by atoms with Crippen LogP contribution in [0.3, 0.4) is 0 Å². The zero-order chi connectivity index (χ0) is 11.7. The summed E-state index contributed by atoms with van der Waals surface area (Å²) in [5.41, 5.74) is 6.06. The van der Waals surface area contributed by atoms with E-state index in [1.807, 2.05) is 11.8 Å². The van der Waals surface area contributed by atoms with Crippen LogP contribution in [0.2, 0.25) is 5.22 Å². The number of carbonyl (C=O) groups is 1. The van der Waals surface area contributed by atoms with E-state index in [2.05, 4.69) is 0 Å². The molecule has 16 heavy (non-hydrogen) atoms. The highest BCUT2D eigenvalue weighted by atomic mass is 35.5. The van der Waals surface area contributed by atoms with Crippen molar-refractivity contribution in [1.29, 1.82) is 0 Å². The molecule has 0 saturated carbocycles. The van der Waals surface area contributed by atoms with Crippen molar-refractivity contribution < 1.29 is 9.21 Å². The van der Waals surface area contributed by atoms with Crippen LogP contribution in [0, 0.1) is 5.92 Å². The summed E-state index contributed by atoms with van der Waals surface area (Å²) in [5.74, 6) is 0.326. The lowest BCUT2D eigenvalue weighted by Gasteiger charge is -2.20. The smallest absolute Gasteiger partial charge is 0.258 e. The topological polar surface area (TPSA) is 59.5 Å². The van der Waals surface area contributed by atoms with E-state index in [1.165, 1.54) is 6.26 Å². The maximum absolute atomic E-state index is 12.1. The lowest BCUT2D eigenvalue weighted by molar-refractivity contribution is 0.0743. The summed E-state index contributed by atoms with van der Waals surface area (Å²) in [4.78, 5) is 14.0. The third-order valence-electron chi connectivity index (χ3n) is 3.10. The van der Waals surface area contributed by atoms with Crippen LogP contribution in [0.4, 0.5) is 0 Å². The average molecular weight is 243 g/mol. The quantitative estimate of drug-likeness (QED) is 0.860. The Morgan fingerprint density at radius 1 is 1.75 bits per heavy atom. The average Bonchev–Trinajstić information content (AvgIpc) is 2.83. The predicted molar refractivity (Wildman–Crippen MR) is 61.4 cm³/mol. The van der Waals surface area contributed by atoms with Crippen molar-refractivity contribution in [2.24, 2.45) is 11.7 Å². The number of carbonyl (C=O) groups excluding carboxylic acids is 1. The SMILES string of the molecule is CC1CC(CN)CN1C(=O)c1ccoc1Cl. The van der Waals surface area contributed by atoms with Gasteiger partial charge in [0.15, 0.2) is 0 Å². The van der Waals surface area contributed by atoms with Gasteiger partial charge in [-0.2, -0.15) is 0 Å². The van der Waals surface area contributed by atoms with E-state index in [1.54, 1.807) is 6.07 Å². The minimum Gasteiger partial charge on any atom is -0.452 e. The van der Waals surface area contributed by atoms with E-state index in [0.29, 0.717) is 24.6 Å². The molecule has 2 heterocycles. The number of halogens is 1. The van der Waals surface area contributed by atoms with E-state index in [4.69, 9.17) is 21.8 Å². The van der Waals surface area contributed by atoms with E-state index in [9.17, 15) is 4.79 Å². The highest BCUT2D eigenvalue weighted by Gasteiger charge is 2.33. The molecule has 0 aromatic carbocycles. The van der Waals surface area contributed by atoms with Gasteiger partial charge in [-0.1, -0.05) is 0 Å². The van der Waals surface area contributed by atoms with E-state index < -0.39 is 0 Å². The maximum Gasteiger partial charge on any atom is 0.258 e. The normalized spacial score (nSPS) is 25.1. The largest absolute Gasteiger partial charge is 0.452 e. The predicted octanol–water partition coefficient (Wildman–Crippen LogP) is 1.74. The second kappa shape index (κ2) is 4.47. The van der Waals surface area contributed by atoms with Crippen molar-refractivity contribution >= 4 is 17.5 Å². The molecule has 0 bridgehead atoms. The van der Waals surface area contributed by atoms with E-state index in [0.717, 1.165) is 6.42 Å². The molecule has 1 aliphatic rings. The molecule has 0 spiro atoms. The molecule has 1 amide bonds. The molecule has 88 valence electrons. The second-order valence-corrected chi connectivity index (χ2v) is 4.60. The van der Waals surface area contributed by atoms with Crippen LogP contribution in [0.5, 0.6) is 0 Å². The molecular formula is C11H15ClN2O2. The van der Waals surface area contributed by atoms with Gasteiger partial charge in [-0.15, -0.1) is 0 Å². The number of rotatable bonds is 2. The van der Waals surface area contributed by atoms with Gasteiger partial charge in [0, 0.05) is 12.6 Å². The first-order chi connectivity index (χ1) is 7.63. The molecule has 2 N–H and O–H groups in total. The zero-order valence-corrected chi connectivity index (χ0v) is 9.91. The molecule has 0 radical (unpaired) electrons. The van der Waals surface area contributed by atoms with Gasteiger partial charge in [0.1, 0.15) is 0 Å². The fraction of sp³-hybridized carbons (Fsp3) is 0.545. The highest BCUT2D eigenvalue weighted by Crippen LogP contribution is 2.26. The third kappa shape index (κ3) is 1.95. The second-order valence-electron chi connectivity index (χ2n) is 4.25. The fourth-order valence-corrected chi connectivity index (χ4v) is 2.39. The Kier molecular flexibility index (Phi) is 3.21. The number of amides is 1. The molecule has 1 aromatic heterocycles. The van der Waals surface area contributed by atoms with Crippen molar-refractivity contribution in [3.63, 3.8) is 0 Å². The summed E-state index contributed by atoms with van der Waals surface area (Å²) in [6.45, 7) is 3.35. The van der Waals surface area contributed by atoms with Crippen LogP contribution in [-0.4, -0.2) is 29.9 Å². The molecule has 5 heteroatoms. The molecule has 2 unspecified atom stereocenters. The minimum atomic E-state index is -0.0674. The van der Waals surface area contributed by atoms with Crippen LogP contribution in [0.25, 0.3) is 0 Å². The number of furan rings is 1. The monoisotopic (exact) mass is 242 g/mol. The molecule has 2 atom stereocenters. The lowest BCUT2D eigenvalue weighted by atomic mass is 10.1. The fourth-order valence-electron chi connectivity index (χ4n) is 2.20. The van der Waals surface area contributed by atoms with E-state index >= 15 is 0 Å². The van der Waals surface area contributed by atoms with Crippen LogP contribution in [-0.2, 0) is 0 Å². The first-order valence-electron chi connectivity index (χ1n) is 5.37. The first kappa shape index (κ1) is 11.5. The van der Waals surface area contributed by atoms with Crippen molar-refractivity contribution in [1.82, 2.24) is 4.90 Å². The van der Waals surface area contributed by atoms with Crippen molar-refractivity contribution in [2.45, 2.75) is 19.4 Å². The Hall–Kier alpha value is -1.00. The van der Waals surface area contributed by atoms with Crippen molar-refractivity contribution in [2.75, 3.05) is 13.1 Å². The van der Waals surface area contributed by atoms with Crippen LogP contribution < -0.4 is 5.73 Å². The number of nitrogens with zero attached hydrogens (tertiary/aromatic N) is 1. The van der Waals surface area contributed by atoms with Crippen molar-refractivity contribution in [3.05, 3.63) is 23.1 Å². The molecule has 1 fully saturated rings. The van der Waals surface area contributed by atoms with Crippen LogP contribution in [0.15, 0.2) is 16.7 Å². The molecular weight excluding hydrogens is 228 g/mol. The highest BCUT2D eigenvalue weighted by molar-refractivity contribution is 6.32. The standard InChI is InChI=1S/C11H15ClN2O2/c1-7-4-8(5-13)6-14(7)11(15)9-2-3-16-10(9)12/h2-3,7-8H,4-6,13H2,1H3. The molecule has 1 saturated heterocycles. The Morgan fingerprint density at radius 3 is 3.00 bits per heavy atom. The van der Waals surface area contributed by atoms with Gasteiger partial charge in [0.2, 0.25) is 5.22 Å². The minimum absolute atomic E-state index is 0.0674. The van der Waals surface area contributed by atoms with E-state index in [-0.39, 0.29) is 17.2 Å². The van der Waals surface area contributed by atoms with Crippen molar-refractivity contribution in [3.8, 4) is 0 Å². The summed E-state index contributed by atoms with van der Waals surface area (Å²) >= 11 is 5.79. The molecule has 0 aliphatic carbocycles. The summed E-state index contributed by atoms with van der Waals surface area (Å²) in [5, 5.41) is 0.161. The Labute approximate surface area is 99.3 Å². The zero-order valence-electron chi connectivity index (χ0n) is 9.15. The third-order valence-corrected chi connectivity index (χ3v) is 3.40. The van der Waals surface area contributed by atoms with Gasteiger partial charge >= 0.3 is 0 Å². The van der Waals surface area contributed by atoms with Gasteiger partial charge in [-0.05, 0) is 43.5 Å². The Bertz CT molecular complexity index is 391. The van der Waals surface area contributed by atoms with Gasteiger partial charge in [-0.25, -0.2) is 0 Å². The number of likely N-dealkylation sites (tertiary alicyclic amines) is 1. The molecule has 1 aromatic rings. The molecule has 1 aliphatic heterocycles. The van der Waals surface area contributed by atoms with Gasteiger partial charge in [0.25, 0.3) is 5.91 Å². The summed E-state index contributed by atoms with van der Waals surface area (Å²) in [6, 6.07) is 1.82. The number of nitrogens with two attached hydrogens (primary N) is 1. The summed E-state index contributed by atoms with van der Waals surface area (Å²) in [6.07, 6.45) is 2.38. The summed E-state index contributed by atoms with van der Waals surface area (Å²) < 4.78 is 4.93. The Balaban J connectivity index is 2.14. The first-order valence-corrected chi connectivity index (χ1v) is 5.75. The molecule has 4 nitrogen and oxygen atoms in total. The Morgan fingerprint density at radius 2 is 2.50 bits per heavy atom. The van der Waals surface area contributed by atoms with Gasteiger partial charge < -0.3 is 15.1 Å². The van der Waals surface area contributed by atoms with Gasteiger partial charge in [-0.3, -0.25) is 4.79 Å². The number of hydrogen-bond donors (Lipinski definition) is 1. The van der Waals surface area contributed by atoms with Gasteiger partial charge in [0.05, 0.1) is 11.8 Å². The number of hydrogen-bond acceptors (Lipinski definition) is 3. The maximum atomic E-state index is 12.1. The molecule has 2 rings (SSSR count). The lowest BCUT2D eigenvalue weighted by Crippen LogP contribution is -2.34.